The Labute approximate surface area is 203 Å². The van der Waals surface area contributed by atoms with Crippen LogP contribution < -0.4 is 10.3 Å². The van der Waals surface area contributed by atoms with Gasteiger partial charge in [0.15, 0.2) is 6.29 Å². The molecule has 1 saturated heterocycles. The molecule has 4 rings (SSSR count). The third kappa shape index (κ3) is 7.15. The smallest absolute Gasteiger partial charge is 0.410 e. The molecule has 0 spiro atoms. The van der Waals surface area contributed by atoms with Crippen LogP contribution in [0.1, 0.15) is 21.5 Å². The summed E-state index contributed by atoms with van der Waals surface area (Å²) in [5.41, 5.74) is 6.29. The van der Waals surface area contributed by atoms with Crippen LogP contribution in [0.5, 0.6) is 0 Å². The largest absolute Gasteiger partial charge is 0.445 e. The SMILES string of the molecule is CNNSC1CN(C(=O)OCc2ccccc2)C1.Cc1cc(-c2ccccc2)cc(C=O)c1F. The zero-order valence-electron chi connectivity index (χ0n) is 19.2. The lowest BCUT2D eigenvalue weighted by atomic mass is 10.0. The summed E-state index contributed by atoms with van der Waals surface area (Å²) in [6.07, 6.45) is 0.314. The Morgan fingerprint density at radius 1 is 1.09 bits per heavy atom. The van der Waals surface area contributed by atoms with Crippen molar-refractivity contribution in [3.05, 3.63) is 95.3 Å². The molecule has 0 atom stereocenters. The van der Waals surface area contributed by atoms with E-state index < -0.39 is 5.82 Å². The summed E-state index contributed by atoms with van der Waals surface area (Å²) in [5.74, 6) is -0.435. The highest BCUT2D eigenvalue weighted by molar-refractivity contribution is 7.98. The van der Waals surface area contributed by atoms with E-state index in [1.807, 2.05) is 67.7 Å². The van der Waals surface area contributed by atoms with Crippen LogP contribution in [-0.2, 0) is 11.3 Å². The van der Waals surface area contributed by atoms with Gasteiger partial charge < -0.3 is 9.64 Å². The Morgan fingerprint density at radius 2 is 1.74 bits per heavy atom. The number of ether oxygens (including phenoxy) is 1. The number of nitrogens with zero attached hydrogens (tertiary/aromatic N) is 1. The molecule has 6 nitrogen and oxygen atoms in total. The number of nitrogens with one attached hydrogen (secondary N) is 2. The van der Waals surface area contributed by atoms with E-state index in [0.717, 1.165) is 29.8 Å². The number of hydrogen-bond donors (Lipinski definition) is 2. The number of carbonyl (C=O) groups is 2. The van der Waals surface area contributed by atoms with E-state index in [2.05, 4.69) is 10.3 Å². The van der Waals surface area contributed by atoms with Crippen LogP contribution in [0.25, 0.3) is 11.1 Å². The molecule has 178 valence electrons. The third-order valence-electron chi connectivity index (χ3n) is 5.16. The number of hydrazine groups is 1. The molecule has 0 radical (unpaired) electrons. The standard InChI is InChI=1S/C14H11FO.C12H17N3O2S/c1-10-7-12(8-13(9-16)14(10)15)11-5-3-2-4-6-11;1-13-14-18-11-7-15(8-11)12(16)17-9-10-5-3-2-4-6-10/h2-9H,1H3;2-6,11,13-14H,7-9H2,1H3. The number of halogens is 1. The second-order valence-electron chi connectivity index (χ2n) is 7.72. The second-order valence-corrected chi connectivity index (χ2v) is 8.82. The molecule has 0 saturated carbocycles. The number of aryl methyl sites for hydroxylation is 1. The van der Waals surface area contributed by atoms with Crippen molar-refractivity contribution < 1.29 is 18.7 Å². The summed E-state index contributed by atoms with van der Waals surface area (Å²) in [6.45, 7) is 3.46. The number of rotatable bonds is 7. The van der Waals surface area contributed by atoms with E-state index in [-0.39, 0.29) is 11.7 Å². The molecule has 0 unspecified atom stereocenters. The lowest BCUT2D eigenvalue weighted by Gasteiger charge is -2.37. The minimum atomic E-state index is -0.435. The Morgan fingerprint density at radius 3 is 2.35 bits per heavy atom. The maximum absolute atomic E-state index is 13.5. The first-order chi connectivity index (χ1) is 16.5. The van der Waals surface area contributed by atoms with Gasteiger partial charge in [-0.3, -0.25) is 10.2 Å². The summed E-state index contributed by atoms with van der Waals surface area (Å²) in [6, 6.07) is 22.6. The zero-order valence-corrected chi connectivity index (χ0v) is 20.0. The molecular formula is C26H28FN3O3S. The van der Waals surface area contributed by atoms with Crippen molar-refractivity contribution in [3.63, 3.8) is 0 Å². The molecule has 3 aromatic carbocycles. The molecule has 2 N–H and O–H groups in total. The predicted molar refractivity (Wildman–Crippen MR) is 134 cm³/mol. The van der Waals surface area contributed by atoms with E-state index in [9.17, 15) is 14.0 Å². The van der Waals surface area contributed by atoms with Crippen LogP contribution in [0.15, 0.2) is 72.8 Å². The number of carbonyl (C=O) groups excluding carboxylic acids is 2. The van der Waals surface area contributed by atoms with Crippen molar-refractivity contribution in [2.45, 2.75) is 18.8 Å². The lowest BCUT2D eigenvalue weighted by molar-refractivity contribution is 0.0777. The highest BCUT2D eigenvalue weighted by Crippen LogP contribution is 2.24. The van der Waals surface area contributed by atoms with E-state index in [0.29, 0.717) is 23.7 Å². The van der Waals surface area contributed by atoms with Crippen molar-refractivity contribution in [1.29, 1.82) is 0 Å². The van der Waals surface area contributed by atoms with E-state index in [4.69, 9.17) is 4.74 Å². The normalized spacial score (nSPS) is 12.9. The molecule has 8 heteroatoms. The Bertz CT molecular complexity index is 1080. The average Bonchev–Trinajstić information content (AvgIpc) is 2.85. The third-order valence-corrected chi connectivity index (χ3v) is 6.11. The minimum absolute atomic E-state index is 0.110. The fraction of sp³-hybridized carbons (Fsp3) is 0.231. The van der Waals surface area contributed by atoms with Crippen molar-refractivity contribution in [1.82, 2.24) is 15.2 Å². The van der Waals surface area contributed by atoms with Gasteiger partial charge >= 0.3 is 6.09 Å². The number of aldehydes is 1. The first-order valence-corrected chi connectivity index (χ1v) is 11.7. The van der Waals surface area contributed by atoms with Crippen LogP contribution in [0.3, 0.4) is 0 Å². The van der Waals surface area contributed by atoms with Crippen LogP contribution in [0, 0.1) is 12.7 Å². The van der Waals surface area contributed by atoms with Gasteiger partial charge in [0.1, 0.15) is 12.4 Å². The maximum atomic E-state index is 13.5. The van der Waals surface area contributed by atoms with Gasteiger partial charge in [0.05, 0.1) is 10.8 Å². The lowest BCUT2D eigenvalue weighted by Crippen LogP contribution is -2.53. The predicted octanol–water partition coefficient (Wildman–Crippen LogP) is 4.99. The topological polar surface area (TPSA) is 70.7 Å². The molecule has 34 heavy (non-hydrogen) atoms. The van der Waals surface area contributed by atoms with Crippen molar-refractivity contribution in [2.75, 3.05) is 20.1 Å². The van der Waals surface area contributed by atoms with Crippen molar-refractivity contribution in [3.8, 4) is 11.1 Å². The quantitative estimate of drug-likeness (QED) is 0.281. The molecule has 1 heterocycles. The van der Waals surface area contributed by atoms with Crippen LogP contribution in [0.4, 0.5) is 9.18 Å². The van der Waals surface area contributed by atoms with Gasteiger partial charge in [-0.25, -0.2) is 14.0 Å². The minimum Gasteiger partial charge on any atom is -0.445 e. The fourth-order valence-corrected chi connectivity index (χ4v) is 4.09. The Kier molecular flexibility index (Phi) is 9.63. The highest BCUT2D eigenvalue weighted by atomic mass is 32.2. The van der Waals surface area contributed by atoms with Gasteiger partial charge in [-0.1, -0.05) is 72.6 Å². The summed E-state index contributed by atoms with van der Waals surface area (Å²) >= 11 is 1.59. The molecule has 3 aromatic rings. The number of hydrogen-bond acceptors (Lipinski definition) is 6. The summed E-state index contributed by atoms with van der Waals surface area (Å²) < 4.78 is 18.7. The molecular weight excluding hydrogens is 453 g/mol. The molecule has 0 bridgehead atoms. The van der Waals surface area contributed by atoms with E-state index >= 15 is 0 Å². The second kappa shape index (κ2) is 12.9. The van der Waals surface area contributed by atoms with Gasteiger partial charge in [-0.05, 0) is 48.4 Å². The van der Waals surface area contributed by atoms with E-state index in [1.165, 1.54) is 0 Å². The van der Waals surface area contributed by atoms with Gasteiger partial charge in [0, 0.05) is 13.1 Å². The summed E-state index contributed by atoms with van der Waals surface area (Å²) in [5, 5.41) is 0.432. The number of likely N-dealkylation sites (tertiary alicyclic amines) is 1. The number of benzene rings is 3. The monoisotopic (exact) mass is 481 g/mol. The van der Waals surface area contributed by atoms with Crippen LogP contribution in [0.2, 0.25) is 0 Å². The molecule has 1 aliphatic heterocycles. The van der Waals surface area contributed by atoms with Crippen LogP contribution in [-0.4, -0.2) is 42.7 Å². The summed E-state index contributed by atoms with van der Waals surface area (Å²) in [4.78, 5) is 27.1. The van der Waals surface area contributed by atoms with Gasteiger partial charge in [0.25, 0.3) is 0 Å². The number of amides is 1. The average molecular weight is 482 g/mol. The van der Waals surface area contributed by atoms with Crippen molar-refractivity contribution in [2.24, 2.45) is 0 Å². The Hall–Kier alpha value is -3.20. The van der Waals surface area contributed by atoms with Crippen LogP contribution >= 0.6 is 11.9 Å². The molecule has 1 fully saturated rings. The first kappa shape index (κ1) is 25.4. The van der Waals surface area contributed by atoms with Gasteiger partial charge in [-0.15, -0.1) is 0 Å². The van der Waals surface area contributed by atoms with Crippen molar-refractivity contribution >= 4 is 24.3 Å². The van der Waals surface area contributed by atoms with Gasteiger partial charge in [-0.2, -0.15) is 0 Å². The maximum Gasteiger partial charge on any atom is 0.410 e. The summed E-state index contributed by atoms with van der Waals surface area (Å²) in [7, 11) is 1.82. The first-order valence-electron chi connectivity index (χ1n) is 10.9. The highest BCUT2D eigenvalue weighted by Gasteiger charge is 2.32. The Balaban J connectivity index is 0.000000192. The molecule has 1 aliphatic rings. The fourth-order valence-electron chi connectivity index (χ4n) is 3.29. The molecule has 0 aliphatic carbocycles. The molecule has 0 aromatic heterocycles. The van der Waals surface area contributed by atoms with Gasteiger partial charge in [0.2, 0.25) is 0 Å². The zero-order chi connectivity index (χ0) is 24.3. The van der Waals surface area contributed by atoms with E-state index in [1.54, 1.807) is 35.9 Å². The molecule has 1 amide bonds.